The first-order valence-corrected chi connectivity index (χ1v) is 7.86. The molecule has 0 spiro atoms. The van der Waals surface area contributed by atoms with Crippen molar-refractivity contribution in [1.82, 2.24) is 10.6 Å². The molecule has 0 aromatic carbocycles. The van der Waals surface area contributed by atoms with Crippen molar-refractivity contribution in [1.29, 1.82) is 0 Å². The van der Waals surface area contributed by atoms with E-state index in [4.69, 9.17) is 9.84 Å². The molecular formula is C15H28N2O4. The lowest BCUT2D eigenvalue weighted by Gasteiger charge is -2.22. The molecule has 6 nitrogen and oxygen atoms in total. The second-order valence-electron chi connectivity index (χ2n) is 5.96. The van der Waals surface area contributed by atoms with Gasteiger partial charge in [-0.1, -0.05) is 33.1 Å². The quantitative estimate of drug-likeness (QED) is 0.598. The van der Waals surface area contributed by atoms with Crippen LogP contribution in [0.1, 0.15) is 46.0 Å². The molecule has 2 amide bonds. The van der Waals surface area contributed by atoms with Crippen LogP contribution in [0.5, 0.6) is 0 Å². The van der Waals surface area contributed by atoms with E-state index in [1.807, 2.05) is 13.8 Å². The van der Waals surface area contributed by atoms with E-state index in [0.717, 1.165) is 12.8 Å². The zero-order valence-corrected chi connectivity index (χ0v) is 13.1. The van der Waals surface area contributed by atoms with E-state index in [1.54, 1.807) is 0 Å². The fourth-order valence-electron chi connectivity index (χ4n) is 2.50. The first-order chi connectivity index (χ1) is 10.0. The Hall–Kier alpha value is -1.30. The second-order valence-corrected chi connectivity index (χ2v) is 5.96. The third-order valence-electron chi connectivity index (χ3n) is 3.90. The zero-order chi connectivity index (χ0) is 15.7. The van der Waals surface area contributed by atoms with Crippen molar-refractivity contribution in [3.05, 3.63) is 0 Å². The Morgan fingerprint density at radius 1 is 1.19 bits per heavy atom. The van der Waals surface area contributed by atoms with Gasteiger partial charge >= 0.3 is 12.0 Å². The molecule has 3 N–H and O–H groups in total. The fraction of sp³-hybridized carbons (Fsp3) is 0.867. The Balaban J connectivity index is 2.09. The highest BCUT2D eigenvalue weighted by Crippen LogP contribution is 2.19. The van der Waals surface area contributed by atoms with Crippen molar-refractivity contribution < 1.29 is 19.4 Å². The molecule has 1 unspecified atom stereocenters. The summed E-state index contributed by atoms with van der Waals surface area (Å²) in [6.07, 6.45) is 6.30. The van der Waals surface area contributed by atoms with Crippen molar-refractivity contribution in [3.63, 3.8) is 0 Å². The summed E-state index contributed by atoms with van der Waals surface area (Å²) in [5, 5.41) is 14.3. The summed E-state index contributed by atoms with van der Waals surface area (Å²) >= 11 is 0. The number of ether oxygens (including phenoxy) is 1. The molecule has 1 aliphatic carbocycles. The van der Waals surface area contributed by atoms with Gasteiger partial charge in [-0.2, -0.15) is 0 Å². The average molecular weight is 300 g/mol. The standard InChI is InChI=1S/C15H28N2O4/c1-11(2)13(14(18)19)10-17-15(20)16-8-9-21-12-6-4-3-5-7-12/h11-13H,3-10H2,1-2H3,(H,18,19)(H2,16,17,20). The number of amides is 2. The summed E-state index contributed by atoms with van der Waals surface area (Å²) in [6.45, 7) is 4.75. The molecule has 1 rings (SSSR count). The molecule has 0 radical (unpaired) electrons. The number of carboxylic acid groups (broad SMARTS) is 1. The summed E-state index contributed by atoms with van der Waals surface area (Å²) in [5.41, 5.74) is 0. The number of carbonyl (C=O) groups excluding carboxylic acids is 1. The SMILES string of the molecule is CC(C)C(CNC(=O)NCCOC1CCCCC1)C(=O)O. The van der Waals surface area contributed by atoms with Crippen LogP contribution in [0.25, 0.3) is 0 Å². The van der Waals surface area contributed by atoms with Gasteiger partial charge in [0.1, 0.15) is 0 Å². The maximum absolute atomic E-state index is 11.6. The topological polar surface area (TPSA) is 87.7 Å². The van der Waals surface area contributed by atoms with Gasteiger partial charge in [-0.3, -0.25) is 4.79 Å². The van der Waals surface area contributed by atoms with E-state index in [2.05, 4.69) is 10.6 Å². The number of carboxylic acids is 1. The van der Waals surface area contributed by atoms with Gasteiger partial charge in [-0.05, 0) is 18.8 Å². The molecule has 0 heterocycles. The van der Waals surface area contributed by atoms with Gasteiger partial charge in [0.05, 0.1) is 18.6 Å². The molecule has 0 saturated heterocycles. The van der Waals surface area contributed by atoms with Crippen LogP contribution in [0.3, 0.4) is 0 Å². The number of rotatable bonds is 8. The van der Waals surface area contributed by atoms with Crippen LogP contribution in [-0.4, -0.2) is 42.9 Å². The van der Waals surface area contributed by atoms with Crippen molar-refractivity contribution >= 4 is 12.0 Å². The Kier molecular flexibility index (Phi) is 8.12. The molecule has 1 atom stereocenters. The van der Waals surface area contributed by atoms with Crippen LogP contribution in [0, 0.1) is 11.8 Å². The first kappa shape index (κ1) is 17.8. The molecule has 0 aliphatic heterocycles. The van der Waals surface area contributed by atoms with Gasteiger partial charge in [-0.25, -0.2) is 4.79 Å². The number of carbonyl (C=O) groups is 2. The predicted octanol–water partition coefficient (Wildman–Crippen LogP) is 1.99. The Labute approximate surface area is 126 Å². The van der Waals surface area contributed by atoms with Crippen molar-refractivity contribution in [3.8, 4) is 0 Å². The van der Waals surface area contributed by atoms with Crippen molar-refractivity contribution in [2.75, 3.05) is 19.7 Å². The van der Waals surface area contributed by atoms with Gasteiger partial charge in [-0.15, -0.1) is 0 Å². The minimum atomic E-state index is -0.883. The highest BCUT2D eigenvalue weighted by Gasteiger charge is 2.21. The maximum Gasteiger partial charge on any atom is 0.314 e. The lowest BCUT2D eigenvalue weighted by atomic mass is 9.96. The van der Waals surface area contributed by atoms with Gasteiger partial charge in [0.2, 0.25) is 0 Å². The number of aliphatic carboxylic acids is 1. The summed E-state index contributed by atoms with van der Waals surface area (Å²) in [7, 11) is 0. The summed E-state index contributed by atoms with van der Waals surface area (Å²) in [4.78, 5) is 22.6. The molecule has 0 aromatic heterocycles. The molecule has 6 heteroatoms. The van der Waals surface area contributed by atoms with E-state index in [1.165, 1.54) is 19.3 Å². The van der Waals surface area contributed by atoms with Crippen LogP contribution in [-0.2, 0) is 9.53 Å². The number of nitrogens with one attached hydrogen (secondary N) is 2. The molecule has 0 aromatic rings. The first-order valence-electron chi connectivity index (χ1n) is 7.86. The lowest BCUT2D eigenvalue weighted by Crippen LogP contribution is -2.42. The molecule has 0 bridgehead atoms. The van der Waals surface area contributed by atoms with Gasteiger partial charge in [0.25, 0.3) is 0 Å². The highest BCUT2D eigenvalue weighted by atomic mass is 16.5. The Morgan fingerprint density at radius 3 is 2.43 bits per heavy atom. The van der Waals surface area contributed by atoms with Gasteiger partial charge in [0, 0.05) is 13.1 Å². The molecular weight excluding hydrogens is 272 g/mol. The summed E-state index contributed by atoms with van der Waals surface area (Å²) in [6, 6.07) is -0.339. The van der Waals surface area contributed by atoms with Crippen LogP contribution in [0.2, 0.25) is 0 Å². The van der Waals surface area contributed by atoms with E-state index >= 15 is 0 Å². The molecule has 1 fully saturated rings. The normalized spacial score (nSPS) is 17.5. The van der Waals surface area contributed by atoms with Gasteiger partial charge in [0.15, 0.2) is 0 Å². The molecule has 1 aliphatic rings. The largest absolute Gasteiger partial charge is 0.481 e. The van der Waals surface area contributed by atoms with Crippen molar-refractivity contribution in [2.24, 2.45) is 11.8 Å². The third-order valence-corrected chi connectivity index (χ3v) is 3.90. The second kappa shape index (κ2) is 9.60. The minimum absolute atomic E-state index is 0.0163. The van der Waals surface area contributed by atoms with Crippen LogP contribution < -0.4 is 10.6 Å². The lowest BCUT2D eigenvalue weighted by molar-refractivity contribution is -0.142. The van der Waals surface area contributed by atoms with Crippen LogP contribution in [0.15, 0.2) is 0 Å². The Morgan fingerprint density at radius 2 is 1.86 bits per heavy atom. The van der Waals surface area contributed by atoms with E-state index < -0.39 is 11.9 Å². The number of hydrogen-bond donors (Lipinski definition) is 3. The fourth-order valence-corrected chi connectivity index (χ4v) is 2.50. The predicted molar refractivity (Wildman–Crippen MR) is 80.2 cm³/mol. The zero-order valence-electron chi connectivity index (χ0n) is 13.1. The molecule has 1 saturated carbocycles. The van der Waals surface area contributed by atoms with Gasteiger partial charge < -0.3 is 20.5 Å². The van der Waals surface area contributed by atoms with Crippen molar-refractivity contribution in [2.45, 2.75) is 52.1 Å². The monoisotopic (exact) mass is 300 g/mol. The smallest absolute Gasteiger partial charge is 0.314 e. The summed E-state index contributed by atoms with van der Waals surface area (Å²) in [5.74, 6) is -1.46. The number of urea groups is 1. The molecule has 21 heavy (non-hydrogen) atoms. The molecule has 122 valence electrons. The van der Waals surface area contributed by atoms with E-state index in [9.17, 15) is 9.59 Å². The summed E-state index contributed by atoms with van der Waals surface area (Å²) < 4.78 is 5.70. The maximum atomic E-state index is 11.6. The van der Waals surface area contributed by atoms with E-state index in [-0.39, 0.29) is 18.5 Å². The van der Waals surface area contributed by atoms with Crippen LogP contribution >= 0.6 is 0 Å². The minimum Gasteiger partial charge on any atom is -0.481 e. The Bertz CT molecular complexity index is 328. The average Bonchev–Trinajstić information content (AvgIpc) is 2.44. The van der Waals surface area contributed by atoms with Crippen LogP contribution in [0.4, 0.5) is 4.79 Å². The highest BCUT2D eigenvalue weighted by molar-refractivity contribution is 5.75. The van der Waals surface area contributed by atoms with E-state index in [0.29, 0.717) is 19.3 Å². The number of hydrogen-bond acceptors (Lipinski definition) is 3. The third kappa shape index (κ3) is 7.32.